The predicted octanol–water partition coefficient (Wildman–Crippen LogP) is 4.36. The molecule has 0 atom stereocenters. The molecule has 8 heteroatoms. The summed E-state index contributed by atoms with van der Waals surface area (Å²) in [5.41, 5.74) is 1.41. The fourth-order valence-corrected chi connectivity index (χ4v) is 3.49. The third kappa shape index (κ3) is 4.34. The number of nitrogens with one attached hydrogen (secondary N) is 1. The van der Waals surface area contributed by atoms with Gasteiger partial charge in [0.1, 0.15) is 11.5 Å². The molecule has 1 aliphatic rings. The summed E-state index contributed by atoms with van der Waals surface area (Å²) in [6, 6.07) is 10.6. The van der Waals surface area contributed by atoms with Gasteiger partial charge in [-0.15, -0.1) is 0 Å². The fourth-order valence-electron chi connectivity index (χ4n) is 3.00. The smallest absolute Gasteiger partial charge is 0.322 e. The Morgan fingerprint density at radius 2 is 1.67 bits per heavy atom. The maximum Gasteiger partial charge on any atom is 0.322 e. The highest BCUT2D eigenvalue weighted by atomic mass is 35.5. The Balaban J connectivity index is 1.64. The average Bonchev–Trinajstić information content (AvgIpc) is 2.70. The number of anilines is 2. The summed E-state index contributed by atoms with van der Waals surface area (Å²) < 4.78 is 10.7. The normalized spacial score (nSPS) is 14.1. The molecule has 1 fully saturated rings. The largest absolute Gasteiger partial charge is 0.497 e. The number of urea groups is 1. The second-order valence-corrected chi connectivity index (χ2v) is 6.85. The van der Waals surface area contributed by atoms with Crippen LogP contribution >= 0.6 is 23.2 Å². The fraction of sp³-hybridized carbons (Fsp3) is 0.316. The molecule has 0 saturated carbocycles. The number of piperazine rings is 1. The van der Waals surface area contributed by atoms with Crippen LogP contribution in [0.4, 0.5) is 16.2 Å². The van der Waals surface area contributed by atoms with E-state index in [1.165, 1.54) is 0 Å². The number of nitrogens with zero attached hydrogens (tertiary/aromatic N) is 2. The van der Waals surface area contributed by atoms with Gasteiger partial charge in [-0.2, -0.15) is 0 Å². The molecular formula is C19H21Cl2N3O3. The van der Waals surface area contributed by atoms with E-state index in [2.05, 4.69) is 10.2 Å². The van der Waals surface area contributed by atoms with Crippen molar-refractivity contribution in [3.63, 3.8) is 0 Å². The van der Waals surface area contributed by atoms with Gasteiger partial charge < -0.3 is 24.6 Å². The van der Waals surface area contributed by atoms with Gasteiger partial charge in [-0.05, 0) is 24.3 Å². The van der Waals surface area contributed by atoms with Crippen LogP contribution in [-0.4, -0.2) is 51.3 Å². The molecule has 0 bridgehead atoms. The summed E-state index contributed by atoms with van der Waals surface area (Å²) >= 11 is 12.2. The van der Waals surface area contributed by atoms with Crippen molar-refractivity contribution in [3.8, 4) is 11.5 Å². The highest BCUT2D eigenvalue weighted by Crippen LogP contribution is 2.33. The van der Waals surface area contributed by atoms with E-state index < -0.39 is 0 Å². The van der Waals surface area contributed by atoms with Crippen LogP contribution in [-0.2, 0) is 0 Å². The van der Waals surface area contributed by atoms with E-state index in [1.54, 1.807) is 37.3 Å². The second-order valence-electron chi connectivity index (χ2n) is 6.04. The van der Waals surface area contributed by atoms with Crippen LogP contribution in [0.1, 0.15) is 0 Å². The molecule has 0 unspecified atom stereocenters. The zero-order valence-corrected chi connectivity index (χ0v) is 16.7. The van der Waals surface area contributed by atoms with Crippen molar-refractivity contribution in [3.05, 3.63) is 46.4 Å². The van der Waals surface area contributed by atoms with E-state index in [0.717, 1.165) is 17.2 Å². The van der Waals surface area contributed by atoms with Gasteiger partial charge in [0.15, 0.2) is 0 Å². The van der Waals surface area contributed by atoms with Crippen LogP contribution < -0.4 is 19.7 Å². The van der Waals surface area contributed by atoms with Crippen molar-refractivity contribution in [1.29, 1.82) is 0 Å². The number of rotatable bonds is 4. The van der Waals surface area contributed by atoms with Crippen LogP contribution in [0.25, 0.3) is 0 Å². The SMILES string of the molecule is COc1ccc(N2CCN(C(=O)Nc3c(Cl)cccc3Cl)CC2)c(OC)c1. The van der Waals surface area contributed by atoms with Crippen molar-refractivity contribution in [1.82, 2.24) is 4.90 Å². The van der Waals surface area contributed by atoms with Crippen LogP contribution in [0, 0.1) is 0 Å². The molecule has 1 heterocycles. The van der Waals surface area contributed by atoms with Gasteiger partial charge in [0.2, 0.25) is 0 Å². The average molecular weight is 410 g/mol. The molecule has 0 radical (unpaired) electrons. The van der Waals surface area contributed by atoms with Crippen molar-refractivity contribution >= 4 is 40.6 Å². The first-order chi connectivity index (χ1) is 13.0. The predicted molar refractivity (Wildman–Crippen MR) is 109 cm³/mol. The molecule has 2 aromatic carbocycles. The second kappa shape index (κ2) is 8.59. The summed E-state index contributed by atoms with van der Waals surface area (Å²) in [5.74, 6) is 1.49. The number of hydrogen-bond acceptors (Lipinski definition) is 4. The lowest BCUT2D eigenvalue weighted by Gasteiger charge is -2.36. The standard InChI is InChI=1S/C19H21Cl2N3O3/c1-26-13-6-7-16(17(12-13)27-2)23-8-10-24(11-9-23)19(25)22-18-14(20)4-3-5-15(18)21/h3-7,12H,8-11H2,1-2H3,(H,22,25). The van der Waals surface area contributed by atoms with Gasteiger partial charge in [0.05, 0.1) is 35.6 Å². The van der Waals surface area contributed by atoms with Crippen LogP contribution in [0.3, 0.4) is 0 Å². The Labute approximate surface area is 168 Å². The van der Waals surface area contributed by atoms with Gasteiger partial charge in [-0.3, -0.25) is 0 Å². The van der Waals surface area contributed by atoms with Crippen LogP contribution in [0.5, 0.6) is 11.5 Å². The number of carbonyl (C=O) groups is 1. The van der Waals surface area contributed by atoms with E-state index >= 15 is 0 Å². The number of methoxy groups -OCH3 is 2. The van der Waals surface area contributed by atoms with E-state index in [-0.39, 0.29) is 6.03 Å². The Morgan fingerprint density at radius 3 is 2.26 bits per heavy atom. The number of hydrogen-bond donors (Lipinski definition) is 1. The first kappa shape index (κ1) is 19.5. The number of halogens is 2. The van der Waals surface area contributed by atoms with Crippen molar-refractivity contribution in [2.75, 3.05) is 50.6 Å². The van der Waals surface area contributed by atoms with Gasteiger partial charge in [-0.25, -0.2) is 4.79 Å². The molecule has 1 aliphatic heterocycles. The Kier molecular flexibility index (Phi) is 6.19. The van der Waals surface area contributed by atoms with E-state index in [9.17, 15) is 4.79 Å². The van der Waals surface area contributed by atoms with Gasteiger partial charge in [-0.1, -0.05) is 29.3 Å². The highest BCUT2D eigenvalue weighted by Gasteiger charge is 2.24. The maximum absolute atomic E-state index is 12.6. The van der Waals surface area contributed by atoms with Gasteiger partial charge in [0.25, 0.3) is 0 Å². The minimum Gasteiger partial charge on any atom is -0.497 e. The molecule has 27 heavy (non-hydrogen) atoms. The Bertz CT molecular complexity index is 804. The molecule has 144 valence electrons. The first-order valence-corrected chi connectivity index (χ1v) is 9.26. The van der Waals surface area contributed by atoms with Crippen LogP contribution in [0.15, 0.2) is 36.4 Å². The lowest BCUT2D eigenvalue weighted by atomic mass is 10.2. The summed E-state index contributed by atoms with van der Waals surface area (Å²) in [7, 11) is 3.26. The topological polar surface area (TPSA) is 54.0 Å². The monoisotopic (exact) mass is 409 g/mol. The third-order valence-corrected chi connectivity index (χ3v) is 5.12. The van der Waals surface area contributed by atoms with Crippen molar-refractivity contribution in [2.24, 2.45) is 0 Å². The molecule has 0 spiro atoms. The number of carbonyl (C=O) groups excluding carboxylic acids is 1. The van der Waals surface area contributed by atoms with Crippen molar-refractivity contribution < 1.29 is 14.3 Å². The van der Waals surface area contributed by atoms with E-state index in [4.69, 9.17) is 32.7 Å². The maximum atomic E-state index is 12.6. The summed E-state index contributed by atoms with van der Waals surface area (Å²) in [6.45, 7) is 2.52. The highest BCUT2D eigenvalue weighted by molar-refractivity contribution is 6.39. The number of para-hydroxylation sites is 1. The zero-order chi connectivity index (χ0) is 19.4. The minimum atomic E-state index is -0.216. The summed E-state index contributed by atoms with van der Waals surface area (Å²) in [5, 5.41) is 3.63. The molecule has 2 amide bonds. The molecular weight excluding hydrogens is 389 g/mol. The van der Waals surface area contributed by atoms with Crippen LogP contribution in [0.2, 0.25) is 10.0 Å². The molecule has 1 N–H and O–H groups in total. The van der Waals surface area contributed by atoms with Gasteiger partial charge in [0, 0.05) is 32.2 Å². The summed E-state index contributed by atoms with van der Waals surface area (Å²) in [4.78, 5) is 16.5. The molecule has 0 aliphatic carbocycles. The van der Waals surface area contributed by atoms with E-state index in [0.29, 0.717) is 41.9 Å². The molecule has 0 aromatic heterocycles. The molecule has 1 saturated heterocycles. The number of amides is 2. The van der Waals surface area contributed by atoms with Gasteiger partial charge >= 0.3 is 6.03 Å². The number of benzene rings is 2. The summed E-state index contributed by atoms with van der Waals surface area (Å²) in [6.07, 6.45) is 0. The quantitative estimate of drug-likeness (QED) is 0.814. The minimum absolute atomic E-state index is 0.216. The molecule has 3 rings (SSSR count). The van der Waals surface area contributed by atoms with E-state index in [1.807, 2.05) is 18.2 Å². The Hall–Kier alpha value is -2.31. The first-order valence-electron chi connectivity index (χ1n) is 8.50. The third-order valence-electron chi connectivity index (χ3n) is 4.49. The molecule has 2 aromatic rings. The molecule has 6 nitrogen and oxygen atoms in total. The zero-order valence-electron chi connectivity index (χ0n) is 15.2. The number of ether oxygens (including phenoxy) is 2. The lowest BCUT2D eigenvalue weighted by Crippen LogP contribution is -2.50. The van der Waals surface area contributed by atoms with Crippen molar-refractivity contribution in [2.45, 2.75) is 0 Å². The Morgan fingerprint density at radius 1 is 1.00 bits per heavy atom. The lowest BCUT2D eigenvalue weighted by molar-refractivity contribution is 0.208.